The Hall–Kier alpha value is -2.57. The summed E-state index contributed by atoms with van der Waals surface area (Å²) >= 11 is 0. The van der Waals surface area contributed by atoms with E-state index in [2.05, 4.69) is 22.5 Å². The van der Waals surface area contributed by atoms with Crippen LogP contribution < -0.4 is 16.0 Å². The molecule has 7 heteroatoms. The number of hydrogen-bond donors (Lipinski definition) is 3. The van der Waals surface area contributed by atoms with Gasteiger partial charge >= 0.3 is 6.03 Å². The molecule has 0 spiro atoms. The van der Waals surface area contributed by atoms with Crippen molar-refractivity contribution in [2.75, 3.05) is 26.7 Å². The van der Waals surface area contributed by atoms with Crippen molar-refractivity contribution in [3.05, 3.63) is 36.1 Å². The third kappa shape index (κ3) is 6.68. The van der Waals surface area contributed by atoms with Crippen molar-refractivity contribution in [3.8, 4) is 0 Å². The van der Waals surface area contributed by atoms with Crippen LogP contribution in [0.1, 0.15) is 27.2 Å². The summed E-state index contributed by atoms with van der Waals surface area (Å²) in [6.07, 6.45) is 5.36. The Morgan fingerprint density at radius 1 is 1.38 bits per heavy atom. The summed E-state index contributed by atoms with van der Waals surface area (Å²) in [5.74, 6) is -0.543. The van der Waals surface area contributed by atoms with Gasteiger partial charge in [0, 0.05) is 38.8 Å². The predicted molar refractivity (Wildman–Crippen MR) is 95.2 cm³/mol. The van der Waals surface area contributed by atoms with E-state index in [4.69, 9.17) is 0 Å². The summed E-state index contributed by atoms with van der Waals surface area (Å²) in [5, 5.41) is 7.91. The average molecular weight is 336 g/mol. The molecule has 24 heavy (non-hydrogen) atoms. The number of imide groups is 1. The molecule has 0 aromatic carbocycles. The molecule has 0 aromatic heterocycles. The Balaban J connectivity index is 0.00000254. The molecule has 7 nitrogen and oxygen atoms in total. The van der Waals surface area contributed by atoms with E-state index in [9.17, 15) is 14.4 Å². The lowest BCUT2D eigenvalue weighted by Gasteiger charge is -2.26. The van der Waals surface area contributed by atoms with Crippen LogP contribution in [0.5, 0.6) is 0 Å². The number of nitrogens with one attached hydrogen (secondary N) is 3. The number of hydrogen-bond acceptors (Lipinski definition) is 4. The fourth-order valence-corrected chi connectivity index (χ4v) is 2.01. The Bertz CT molecular complexity index is 524. The van der Waals surface area contributed by atoms with E-state index in [0.717, 1.165) is 0 Å². The summed E-state index contributed by atoms with van der Waals surface area (Å²) < 4.78 is 0. The lowest BCUT2D eigenvalue weighted by molar-refractivity contribution is -0.121. The second-order valence-corrected chi connectivity index (χ2v) is 4.63. The monoisotopic (exact) mass is 336 g/mol. The van der Waals surface area contributed by atoms with Crippen LogP contribution >= 0.6 is 0 Å². The highest BCUT2D eigenvalue weighted by Gasteiger charge is 2.22. The van der Waals surface area contributed by atoms with Crippen LogP contribution in [-0.2, 0) is 9.59 Å². The van der Waals surface area contributed by atoms with E-state index >= 15 is 0 Å². The number of rotatable bonds is 7. The van der Waals surface area contributed by atoms with Gasteiger partial charge in [0.1, 0.15) is 0 Å². The molecule has 0 saturated carbocycles. The number of likely N-dealkylation sites (N-methyl/N-ethyl adjacent to an activating group) is 1. The minimum absolute atomic E-state index is 0.271. The van der Waals surface area contributed by atoms with Crippen molar-refractivity contribution in [2.45, 2.75) is 27.2 Å². The molecule has 1 saturated heterocycles. The molecule has 0 atom stereocenters. The second-order valence-electron chi connectivity index (χ2n) is 4.63. The van der Waals surface area contributed by atoms with Crippen molar-refractivity contribution in [3.63, 3.8) is 0 Å². The van der Waals surface area contributed by atoms with E-state index in [-0.39, 0.29) is 18.2 Å². The lowest BCUT2D eigenvalue weighted by atomic mass is 10.1. The van der Waals surface area contributed by atoms with Gasteiger partial charge in [0.05, 0.1) is 5.57 Å². The van der Waals surface area contributed by atoms with Crippen molar-refractivity contribution < 1.29 is 14.4 Å². The highest BCUT2D eigenvalue weighted by atomic mass is 16.2. The van der Waals surface area contributed by atoms with Crippen LogP contribution in [0.25, 0.3) is 0 Å². The molecule has 134 valence electrons. The molecule has 0 bridgehead atoms. The molecule has 1 aliphatic heterocycles. The molecule has 4 amide bonds. The normalized spacial score (nSPS) is 15.1. The first-order valence-corrected chi connectivity index (χ1v) is 8.07. The van der Waals surface area contributed by atoms with Crippen molar-refractivity contribution in [1.29, 1.82) is 0 Å². The Kier molecular flexibility index (Phi) is 10.6. The number of allylic oxidation sites excluding steroid dienone is 2. The minimum Gasteiger partial charge on any atom is -0.387 e. The number of carbonyl (C=O) groups is 3. The molecule has 1 aliphatic rings. The fourth-order valence-electron chi connectivity index (χ4n) is 2.01. The zero-order chi connectivity index (χ0) is 18.5. The van der Waals surface area contributed by atoms with Gasteiger partial charge in [-0.3, -0.25) is 14.9 Å². The van der Waals surface area contributed by atoms with E-state index in [1.54, 1.807) is 13.1 Å². The van der Waals surface area contributed by atoms with Gasteiger partial charge in [-0.2, -0.15) is 0 Å². The third-order valence-corrected chi connectivity index (χ3v) is 3.15. The smallest absolute Gasteiger partial charge is 0.324 e. The SMILES string of the molecule is C=C/C(C(=O)NCCN1CCC(=O)NC1=O)=C(\C=C/C)NC.CC. The van der Waals surface area contributed by atoms with Gasteiger partial charge in [0.15, 0.2) is 0 Å². The van der Waals surface area contributed by atoms with Gasteiger partial charge in [-0.25, -0.2) is 4.79 Å². The van der Waals surface area contributed by atoms with E-state index < -0.39 is 6.03 Å². The molecular formula is C17H28N4O3. The maximum absolute atomic E-state index is 12.1. The molecule has 0 radical (unpaired) electrons. The van der Waals surface area contributed by atoms with Gasteiger partial charge in [0.25, 0.3) is 5.91 Å². The van der Waals surface area contributed by atoms with Crippen molar-refractivity contribution in [2.24, 2.45) is 0 Å². The third-order valence-electron chi connectivity index (χ3n) is 3.15. The van der Waals surface area contributed by atoms with Gasteiger partial charge < -0.3 is 15.5 Å². The molecule has 0 unspecified atom stereocenters. The van der Waals surface area contributed by atoms with Crippen molar-refractivity contribution in [1.82, 2.24) is 20.9 Å². The summed E-state index contributed by atoms with van der Waals surface area (Å²) in [7, 11) is 1.72. The van der Waals surface area contributed by atoms with Crippen molar-refractivity contribution >= 4 is 17.8 Å². The summed E-state index contributed by atoms with van der Waals surface area (Å²) in [6, 6.07) is -0.421. The lowest BCUT2D eigenvalue weighted by Crippen LogP contribution is -2.51. The zero-order valence-corrected chi connectivity index (χ0v) is 14.9. The molecule has 1 rings (SSSR count). The van der Waals surface area contributed by atoms with E-state index in [1.165, 1.54) is 11.0 Å². The maximum atomic E-state index is 12.1. The summed E-state index contributed by atoms with van der Waals surface area (Å²) in [6.45, 7) is 10.5. The van der Waals surface area contributed by atoms with Crippen LogP contribution in [0.3, 0.4) is 0 Å². The van der Waals surface area contributed by atoms with E-state index in [0.29, 0.717) is 30.9 Å². The molecule has 1 fully saturated rings. The highest BCUT2D eigenvalue weighted by molar-refractivity contribution is 5.97. The second kappa shape index (κ2) is 11.9. The molecule has 0 aromatic rings. The first kappa shape index (κ1) is 21.4. The predicted octanol–water partition coefficient (Wildman–Crippen LogP) is 1.31. The van der Waals surface area contributed by atoms with Gasteiger partial charge in [-0.15, -0.1) is 0 Å². The largest absolute Gasteiger partial charge is 0.387 e. The Labute approximate surface area is 143 Å². The standard InChI is InChI=1S/C15H22N4O3.C2H6/c1-4-6-12(16-3)11(5-2)14(21)17-8-10-19-9-7-13(20)18-15(19)22;1-2/h4-6,16H,2,7-10H2,1,3H3,(H,17,21)(H,18,20,22);1-2H3/b6-4-,12-11-;. The molecule has 1 heterocycles. The maximum Gasteiger partial charge on any atom is 0.324 e. The quantitative estimate of drug-likeness (QED) is 0.483. The Morgan fingerprint density at radius 2 is 2.04 bits per heavy atom. The van der Waals surface area contributed by atoms with Crippen LogP contribution in [-0.4, -0.2) is 49.4 Å². The van der Waals surface area contributed by atoms with Crippen LogP contribution in [0.15, 0.2) is 36.1 Å². The Morgan fingerprint density at radius 3 is 2.54 bits per heavy atom. The fraction of sp³-hybridized carbons (Fsp3) is 0.471. The van der Waals surface area contributed by atoms with Crippen LogP contribution in [0, 0.1) is 0 Å². The van der Waals surface area contributed by atoms with Crippen LogP contribution in [0.2, 0.25) is 0 Å². The minimum atomic E-state index is -0.421. The number of urea groups is 1. The van der Waals surface area contributed by atoms with Gasteiger partial charge in [0.2, 0.25) is 5.91 Å². The molecule has 3 N–H and O–H groups in total. The highest BCUT2D eigenvalue weighted by Crippen LogP contribution is 2.05. The van der Waals surface area contributed by atoms with Gasteiger partial charge in [-0.05, 0) is 13.0 Å². The zero-order valence-electron chi connectivity index (χ0n) is 14.9. The topological polar surface area (TPSA) is 90.5 Å². The molecular weight excluding hydrogens is 308 g/mol. The van der Waals surface area contributed by atoms with Crippen LogP contribution in [0.4, 0.5) is 4.79 Å². The number of amides is 4. The van der Waals surface area contributed by atoms with E-state index in [1.807, 2.05) is 26.8 Å². The summed E-state index contributed by atoms with van der Waals surface area (Å²) in [4.78, 5) is 36.2. The van der Waals surface area contributed by atoms with Gasteiger partial charge in [-0.1, -0.05) is 32.6 Å². The first-order chi connectivity index (χ1) is 11.5. The number of carbonyl (C=O) groups excluding carboxylic acids is 3. The molecule has 0 aliphatic carbocycles. The number of nitrogens with zero attached hydrogens (tertiary/aromatic N) is 1. The first-order valence-electron chi connectivity index (χ1n) is 8.07. The summed E-state index contributed by atoms with van der Waals surface area (Å²) in [5.41, 5.74) is 1.09. The average Bonchev–Trinajstić information content (AvgIpc) is 2.58.